The van der Waals surface area contributed by atoms with E-state index in [4.69, 9.17) is 11.6 Å². The van der Waals surface area contributed by atoms with Crippen LogP contribution in [-0.2, 0) is 0 Å². The summed E-state index contributed by atoms with van der Waals surface area (Å²) in [5.74, 6) is 0. The monoisotopic (exact) mass is 242 g/mol. The number of hydrogen-bond acceptors (Lipinski definition) is 4. The molecule has 1 aliphatic rings. The number of aromatic nitrogens is 2. The molecule has 1 aromatic heterocycles. The Morgan fingerprint density at radius 3 is 3.25 bits per heavy atom. The third-order valence-corrected chi connectivity index (χ3v) is 3.15. The van der Waals surface area contributed by atoms with E-state index >= 15 is 0 Å². The van der Waals surface area contributed by atoms with E-state index < -0.39 is 0 Å². The van der Waals surface area contributed by atoms with Gasteiger partial charge >= 0.3 is 0 Å². The second kappa shape index (κ2) is 4.84. The molecule has 1 unspecified atom stereocenters. The minimum atomic E-state index is -0.351. The van der Waals surface area contributed by atoms with Gasteiger partial charge in [-0.2, -0.15) is 5.10 Å². The summed E-state index contributed by atoms with van der Waals surface area (Å²) >= 11 is 5.89. The van der Waals surface area contributed by atoms with Crippen molar-refractivity contribution in [3.63, 3.8) is 0 Å². The fraction of sp³-hybridized carbons (Fsp3) is 0.600. The van der Waals surface area contributed by atoms with Gasteiger partial charge in [0.2, 0.25) is 0 Å². The SMILES string of the molecule is CN1CCCC(Nc2cn[nH]c(=O)c2Cl)C1. The van der Waals surface area contributed by atoms with Gasteiger partial charge in [-0.3, -0.25) is 4.79 Å². The van der Waals surface area contributed by atoms with Crippen molar-refractivity contribution < 1.29 is 0 Å². The Bertz CT molecular complexity index is 420. The lowest BCUT2D eigenvalue weighted by molar-refractivity contribution is 0.261. The minimum absolute atomic E-state index is 0.184. The number of nitrogens with zero attached hydrogens (tertiary/aromatic N) is 2. The first-order valence-corrected chi connectivity index (χ1v) is 5.73. The lowest BCUT2D eigenvalue weighted by atomic mass is 10.1. The molecule has 0 aromatic carbocycles. The van der Waals surface area contributed by atoms with Gasteiger partial charge in [0.1, 0.15) is 5.02 Å². The summed E-state index contributed by atoms with van der Waals surface area (Å²) in [7, 11) is 2.09. The molecular formula is C10H15ClN4O. The van der Waals surface area contributed by atoms with Crippen molar-refractivity contribution in [3.05, 3.63) is 21.6 Å². The van der Waals surface area contributed by atoms with E-state index in [1.165, 1.54) is 0 Å². The number of likely N-dealkylation sites (tertiary alicyclic amines) is 1. The van der Waals surface area contributed by atoms with E-state index in [0.717, 1.165) is 25.9 Å². The molecule has 5 nitrogen and oxygen atoms in total. The van der Waals surface area contributed by atoms with Crippen LogP contribution >= 0.6 is 11.6 Å². The normalized spacial score (nSPS) is 22.0. The van der Waals surface area contributed by atoms with E-state index in [1.807, 2.05) is 0 Å². The molecule has 1 aromatic rings. The number of likely N-dealkylation sites (N-methyl/N-ethyl adjacent to an activating group) is 1. The van der Waals surface area contributed by atoms with Gasteiger partial charge in [-0.1, -0.05) is 11.6 Å². The zero-order chi connectivity index (χ0) is 11.5. The number of anilines is 1. The van der Waals surface area contributed by atoms with E-state index in [1.54, 1.807) is 6.20 Å². The van der Waals surface area contributed by atoms with E-state index in [9.17, 15) is 4.79 Å². The Kier molecular flexibility index (Phi) is 3.46. The fourth-order valence-corrected chi connectivity index (χ4v) is 2.13. The number of rotatable bonds is 2. The van der Waals surface area contributed by atoms with Crippen molar-refractivity contribution in [1.29, 1.82) is 0 Å². The lowest BCUT2D eigenvalue weighted by Crippen LogP contribution is -2.40. The van der Waals surface area contributed by atoms with Gasteiger partial charge in [0, 0.05) is 12.6 Å². The van der Waals surface area contributed by atoms with Crippen LogP contribution < -0.4 is 10.9 Å². The summed E-state index contributed by atoms with van der Waals surface area (Å²) in [5, 5.41) is 9.48. The molecule has 88 valence electrons. The van der Waals surface area contributed by atoms with E-state index in [2.05, 4.69) is 27.5 Å². The van der Waals surface area contributed by atoms with Crippen LogP contribution in [0.2, 0.25) is 5.02 Å². The molecule has 0 radical (unpaired) electrons. The standard InChI is InChI=1S/C10H15ClN4O/c1-15-4-2-3-7(6-15)13-8-5-12-14-10(16)9(8)11/h5,7H,2-4,6H2,1H3,(H2,13,14,16). The maximum absolute atomic E-state index is 11.2. The van der Waals surface area contributed by atoms with Crippen molar-refractivity contribution in [1.82, 2.24) is 15.1 Å². The molecule has 2 N–H and O–H groups in total. The molecule has 2 rings (SSSR count). The van der Waals surface area contributed by atoms with Gasteiger partial charge < -0.3 is 10.2 Å². The number of aromatic amines is 1. The largest absolute Gasteiger partial charge is 0.378 e. The van der Waals surface area contributed by atoms with Crippen molar-refractivity contribution in [3.8, 4) is 0 Å². The third-order valence-electron chi connectivity index (χ3n) is 2.78. The topological polar surface area (TPSA) is 61.0 Å². The second-order valence-electron chi connectivity index (χ2n) is 4.17. The summed E-state index contributed by atoms with van der Waals surface area (Å²) in [5.41, 5.74) is 0.265. The first kappa shape index (κ1) is 11.4. The predicted molar refractivity (Wildman–Crippen MR) is 64.0 cm³/mol. The number of H-pyrrole nitrogens is 1. The number of hydrogen-bond donors (Lipinski definition) is 2. The molecule has 0 bridgehead atoms. The summed E-state index contributed by atoms with van der Waals surface area (Å²) in [4.78, 5) is 13.5. The lowest BCUT2D eigenvalue weighted by Gasteiger charge is -2.30. The molecule has 1 aliphatic heterocycles. The van der Waals surface area contributed by atoms with Crippen LogP contribution in [0.15, 0.2) is 11.0 Å². The smallest absolute Gasteiger partial charge is 0.285 e. The highest BCUT2D eigenvalue weighted by molar-refractivity contribution is 6.32. The summed E-state index contributed by atoms with van der Waals surface area (Å²) < 4.78 is 0. The van der Waals surface area contributed by atoms with Crippen LogP contribution in [0.1, 0.15) is 12.8 Å². The Balaban J connectivity index is 2.08. The number of halogens is 1. The van der Waals surface area contributed by atoms with Gasteiger partial charge in [0.15, 0.2) is 0 Å². The van der Waals surface area contributed by atoms with Crippen molar-refractivity contribution >= 4 is 17.3 Å². The van der Waals surface area contributed by atoms with Gasteiger partial charge in [0.05, 0.1) is 11.9 Å². The molecule has 1 saturated heterocycles. The molecule has 1 fully saturated rings. The Morgan fingerprint density at radius 2 is 2.50 bits per heavy atom. The molecule has 2 heterocycles. The zero-order valence-electron chi connectivity index (χ0n) is 9.16. The fourth-order valence-electron chi connectivity index (χ4n) is 1.99. The average molecular weight is 243 g/mol. The van der Waals surface area contributed by atoms with Crippen LogP contribution in [0.4, 0.5) is 5.69 Å². The highest BCUT2D eigenvalue weighted by atomic mass is 35.5. The Labute approximate surface area is 98.8 Å². The van der Waals surface area contributed by atoms with Crippen molar-refractivity contribution in [2.75, 3.05) is 25.5 Å². The third kappa shape index (κ3) is 2.54. The van der Waals surface area contributed by atoms with E-state index in [-0.39, 0.29) is 10.6 Å². The molecule has 0 aliphatic carbocycles. The maximum Gasteiger partial charge on any atom is 0.285 e. The molecule has 0 saturated carbocycles. The van der Waals surface area contributed by atoms with Gasteiger partial charge in [0.25, 0.3) is 5.56 Å². The van der Waals surface area contributed by atoms with Gasteiger partial charge in [-0.05, 0) is 26.4 Å². The average Bonchev–Trinajstić information content (AvgIpc) is 2.25. The van der Waals surface area contributed by atoms with Gasteiger partial charge in [-0.25, -0.2) is 5.10 Å². The minimum Gasteiger partial charge on any atom is -0.378 e. The highest BCUT2D eigenvalue weighted by Crippen LogP contribution is 2.19. The van der Waals surface area contributed by atoms with Crippen LogP contribution in [0.5, 0.6) is 0 Å². The summed E-state index contributed by atoms with van der Waals surface area (Å²) in [6, 6.07) is 0.333. The number of piperidine rings is 1. The predicted octanol–water partition coefficient (Wildman–Crippen LogP) is 0.929. The van der Waals surface area contributed by atoms with Crippen molar-refractivity contribution in [2.45, 2.75) is 18.9 Å². The van der Waals surface area contributed by atoms with Gasteiger partial charge in [-0.15, -0.1) is 0 Å². The van der Waals surface area contributed by atoms with Crippen LogP contribution in [0.3, 0.4) is 0 Å². The van der Waals surface area contributed by atoms with Crippen LogP contribution in [0.25, 0.3) is 0 Å². The highest BCUT2D eigenvalue weighted by Gasteiger charge is 2.18. The first-order chi connectivity index (χ1) is 7.66. The zero-order valence-corrected chi connectivity index (χ0v) is 9.92. The van der Waals surface area contributed by atoms with Crippen molar-refractivity contribution in [2.24, 2.45) is 0 Å². The Hall–Kier alpha value is -1.07. The quantitative estimate of drug-likeness (QED) is 0.810. The number of nitrogens with one attached hydrogen (secondary N) is 2. The molecule has 0 spiro atoms. The van der Waals surface area contributed by atoms with Crippen LogP contribution in [0, 0.1) is 0 Å². The molecule has 0 amide bonds. The van der Waals surface area contributed by atoms with E-state index in [0.29, 0.717) is 11.7 Å². The second-order valence-corrected chi connectivity index (χ2v) is 4.55. The first-order valence-electron chi connectivity index (χ1n) is 5.35. The van der Waals surface area contributed by atoms with Crippen LogP contribution in [-0.4, -0.2) is 41.3 Å². The summed E-state index contributed by atoms with van der Waals surface area (Å²) in [6.45, 7) is 2.09. The molecular weight excluding hydrogens is 228 g/mol. The maximum atomic E-state index is 11.2. The Morgan fingerprint density at radius 1 is 1.69 bits per heavy atom. The summed E-state index contributed by atoms with van der Waals surface area (Å²) in [6.07, 6.45) is 3.80. The molecule has 16 heavy (non-hydrogen) atoms. The molecule has 6 heteroatoms. The molecule has 1 atom stereocenters.